The molecule has 0 spiro atoms. The van der Waals surface area contributed by atoms with Gasteiger partial charge in [0, 0.05) is 48.3 Å². The van der Waals surface area contributed by atoms with Gasteiger partial charge >= 0.3 is 0 Å². The first-order valence-corrected chi connectivity index (χ1v) is 12.3. The van der Waals surface area contributed by atoms with E-state index in [-0.39, 0.29) is 23.7 Å². The molecule has 1 aromatic carbocycles. The van der Waals surface area contributed by atoms with Gasteiger partial charge in [0.25, 0.3) is 0 Å². The number of carbonyl (C=O) groups excluding carboxylic acids is 1. The molecule has 1 amide bonds. The summed E-state index contributed by atoms with van der Waals surface area (Å²) in [7, 11) is 3.40. The van der Waals surface area contributed by atoms with E-state index in [1.165, 1.54) is 0 Å². The maximum atomic E-state index is 13.1. The fourth-order valence-electron chi connectivity index (χ4n) is 6.92. The van der Waals surface area contributed by atoms with E-state index in [0.717, 1.165) is 23.2 Å². The number of piperidine rings is 1. The minimum atomic E-state index is -0.991. The van der Waals surface area contributed by atoms with Crippen LogP contribution in [0.1, 0.15) is 42.4 Å². The summed E-state index contributed by atoms with van der Waals surface area (Å²) in [5.41, 5.74) is 1.23. The Morgan fingerprint density at radius 2 is 2.20 bits per heavy atom. The minimum Gasteiger partial charge on any atom is -0.504 e. The highest BCUT2D eigenvalue weighted by Crippen LogP contribution is 2.61. The van der Waals surface area contributed by atoms with Crippen LogP contribution in [0.15, 0.2) is 53.9 Å². The molecule has 0 radical (unpaired) electrons. The van der Waals surface area contributed by atoms with E-state index in [1.807, 2.05) is 19.2 Å². The Morgan fingerprint density at radius 1 is 1.37 bits per heavy atom. The number of ether oxygens (including phenoxy) is 1. The Balaban J connectivity index is 1.54. The first-order valence-electron chi connectivity index (χ1n) is 12.3. The number of amides is 1. The molecule has 2 N–H and O–H groups in total. The molecule has 2 aromatic rings. The Bertz CT molecular complexity index is 1140. The van der Waals surface area contributed by atoms with E-state index in [4.69, 9.17) is 9.15 Å². The molecule has 2 aliphatic carbocycles. The van der Waals surface area contributed by atoms with Gasteiger partial charge in [-0.25, -0.2) is 0 Å². The normalized spacial score (nSPS) is 29.9. The van der Waals surface area contributed by atoms with Crippen LogP contribution in [-0.2, 0) is 16.6 Å². The Morgan fingerprint density at radius 3 is 2.91 bits per heavy atom. The second-order valence-corrected chi connectivity index (χ2v) is 10.1. The second kappa shape index (κ2) is 8.88. The number of fused-ring (bicyclic) bond motifs is 1. The van der Waals surface area contributed by atoms with Gasteiger partial charge in [0.1, 0.15) is 0 Å². The van der Waals surface area contributed by atoms with Gasteiger partial charge in [-0.05, 0) is 62.4 Å². The van der Waals surface area contributed by atoms with Crippen molar-refractivity contribution in [2.75, 3.05) is 27.2 Å². The maximum absolute atomic E-state index is 13.1. The molecule has 2 heterocycles. The first-order chi connectivity index (χ1) is 16.8. The fourth-order valence-corrected chi connectivity index (χ4v) is 6.92. The number of carbonyl (C=O) groups is 1. The predicted octanol–water partition coefficient (Wildman–Crippen LogP) is 3.50. The van der Waals surface area contributed by atoms with Crippen molar-refractivity contribution in [1.29, 1.82) is 0 Å². The maximum Gasteiger partial charge on any atom is 0.246 e. The number of phenols is 1. The molecule has 7 heteroatoms. The number of hydrogen-bond donors (Lipinski definition) is 2. The van der Waals surface area contributed by atoms with Crippen molar-refractivity contribution in [3.63, 3.8) is 0 Å². The third-order valence-electron chi connectivity index (χ3n) is 8.63. The lowest BCUT2D eigenvalue weighted by atomic mass is 9.48. The molecular weight excluding hydrogens is 444 g/mol. The van der Waals surface area contributed by atoms with Crippen LogP contribution in [0.5, 0.6) is 11.5 Å². The molecular formula is C28H34N2O5. The van der Waals surface area contributed by atoms with Gasteiger partial charge in [-0.1, -0.05) is 12.1 Å². The van der Waals surface area contributed by atoms with E-state index < -0.39 is 11.0 Å². The zero-order valence-corrected chi connectivity index (χ0v) is 20.4. The third kappa shape index (κ3) is 3.60. The van der Waals surface area contributed by atoms with Crippen LogP contribution in [-0.4, -0.2) is 70.9 Å². The summed E-state index contributed by atoms with van der Waals surface area (Å²) in [6, 6.07) is 5.34. The van der Waals surface area contributed by atoms with Crippen LogP contribution in [0.4, 0.5) is 0 Å². The molecule has 35 heavy (non-hydrogen) atoms. The van der Waals surface area contributed by atoms with Crippen LogP contribution in [0.25, 0.3) is 6.08 Å². The van der Waals surface area contributed by atoms with Crippen molar-refractivity contribution >= 4 is 12.0 Å². The van der Waals surface area contributed by atoms with Gasteiger partial charge in [0.2, 0.25) is 5.91 Å². The molecule has 1 aliphatic heterocycles. The van der Waals surface area contributed by atoms with E-state index in [2.05, 4.69) is 11.5 Å². The first kappa shape index (κ1) is 23.7. The summed E-state index contributed by atoms with van der Waals surface area (Å²) in [6.45, 7) is 5.45. The number of aliphatic hydroxyl groups is 1. The van der Waals surface area contributed by atoms with Gasteiger partial charge in [-0.15, -0.1) is 6.58 Å². The van der Waals surface area contributed by atoms with Crippen molar-refractivity contribution in [1.82, 2.24) is 9.80 Å². The summed E-state index contributed by atoms with van der Waals surface area (Å²) in [6.07, 6.45) is 11.7. The number of aromatic hydroxyl groups is 1. The third-order valence-corrected chi connectivity index (χ3v) is 8.63. The van der Waals surface area contributed by atoms with Crippen LogP contribution in [0, 0.1) is 0 Å². The topological polar surface area (TPSA) is 86.4 Å². The Kier molecular flexibility index (Phi) is 6.01. The molecule has 1 saturated carbocycles. The molecule has 1 aromatic heterocycles. The highest BCUT2D eigenvalue weighted by molar-refractivity contribution is 5.91. The number of furan rings is 1. The number of likely N-dealkylation sites (N-methyl/N-ethyl adjacent to an activating group) is 1. The van der Waals surface area contributed by atoms with Crippen molar-refractivity contribution in [2.24, 2.45) is 0 Å². The summed E-state index contributed by atoms with van der Waals surface area (Å²) in [4.78, 5) is 17.2. The van der Waals surface area contributed by atoms with Crippen molar-refractivity contribution in [3.8, 4) is 11.5 Å². The standard InChI is InChI=1S/C28H34N2O5/c1-4-13-30-14-12-27-17-21(29(2)24(32)8-5-19-10-15-35-18-19)9-11-28(27,33)23(30)16-20-6-7-22(31)26(34-3)25(20)27/h4-8,10,15,18,21,23,31,33H,1,9,11-14,16-17H2,2-3H3/b8-5+/t21?,23-,27-,28-/m1/s1. The summed E-state index contributed by atoms with van der Waals surface area (Å²) < 4.78 is 10.8. The van der Waals surface area contributed by atoms with E-state index in [0.29, 0.717) is 44.4 Å². The van der Waals surface area contributed by atoms with E-state index >= 15 is 0 Å². The van der Waals surface area contributed by atoms with Gasteiger partial charge < -0.3 is 24.3 Å². The number of nitrogens with zero attached hydrogens (tertiary/aromatic N) is 2. The highest BCUT2D eigenvalue weighted by Gasteiger charge is 2.65. The molecule has 3 aliphatic rings. The smallest absolute Gasteiger partial charge is 0.246 e. The number of methoxy groups -OCH3 is 1. The number of phenolic OH excluding ortho intramolecular Hbond substituents is 1. The monoisotopic (exact) mass is 478 g/mol. The molecule has 2 fully saturated rings. The second-order valence-electron chi connectivity index (χ2n) is 10.1. The van der Waals surface area contributed by atoms with Gasteiger partial charge in [-0.2, -0.15) is 0 Å². The van der Waals surface area contributed by atoms with Crippen molar-refractivity contribution in [2.45, 2.75) is 55.2 Å². The van der Waals surface area contributed by atoms with Crippen molar-refractivity contribution < 1.29 is 24.2 Å². The minimum absolute atomic E-state index is 0.0543. The van der Waals surface area contributed by atoms with E-state index in [1.54, 1.807) is 48.8 Å². The number of benzene rings is 1. The van der Waals surface area contributed by atoms with Gasteiger partial charge in [0.05, 0.1) is 25.2 Å². The molecule has 5 rings (SSSR count). The lowest BCUT2D eigenvalue weighted by Gasteiger charge is -2.65. The lowest BCUT2D eigenvalue weighted by molar-refractivity contribution is -0.175. The van der Waals surface area contributed by atoms with Crippen LogP contribution in [0.3, 0.4) is 0 Å². The summed E-state index contributed by atoms with van der Waals surface area (Å²) >= 11 is 0. The predicted molar refractivity (Wildman–Crippen MR) is 133 cm³/mol. The van der Waals surface area contributed by atoms with Crippen LogP contribution >= 0.6 is 0 Å². The lowest BCUT2D eigenvalue weighted by Crippen LogP contribution is -2.74. The highest BCUT2D eigenvalue weighted by atomic mass is 16.5. The number of likely N-dealkylation sites (tertiary alicyclic amines) is 1. The average Bonchev–Trinajstić information content (AvgIpc) is 3.37. The molecule has 1 saturated heterocycles. The zero-order chi connectivity index (χ0) is 24.8. The molecule has 4 atom stereocenters. The van der Waals surface area contributed by atoms with Gasteiger partial charge in [0.15, 0.2) is 11.5 Å². The molecule has 1 unspecified atom stereocenters. The van der Waals surface area contributed by atoms with E-state index in [9.17, 15) is 15.0 Å². The zero-order valence-electron chi connectivity index (χ0n) is 20.4. The van der Waals surface area contributed by atoms with Crippen LogP contribution in [0.2, 0.25) is 0 Å². The number of rotatable bonds is 6. The quantitative estimate of drug-likeness (QED) is 0.488. The fraction of sp³-hybridized carbons (Fsp3) is 0.464. The molecule has 186 valence electrons. The summed E-state index contributed by atoms with van der Waals surface area (Å²) in [5.74, 6) is 0.452. The Labute approximate surface area is 206 Å². The summed E-state index contributed by atoms with van der Waals surface area (Å²) in [5, 5.41) is 23.1. The average molecular weight is 479 g/mol. The SMILES string of the molecule is C=CCN1CC[C@]23CC(N(C)C(=O)/C=C/c4ccoc4)CC[C@@]2(O)[C@H]1Cc1ccc(O)c(OC)c13. The number of hydrogen-bond acceptors (Lipinski definition) is 6. The molecule has 7 nitrogen and oxygen atoms in total. The van der Waals surface area contributed by atoms with Crippen LogP contribution < -0.4 is 4.74 Å². The van der Waals surface area contributed by atoms with Crippen molar-refractivity contribution in [3.05, 3.63) is 66.1 Å². The molecule has 2 bridgehead atoms. The largest absolute Gasteiger partial charge is 0.504 e. The Hall–Kier alpha value is -3.03. The van der Waals surface area contributed by atoms with Gasteiger partial charge in [-0.3, -0.25) is 9.69 Å².